The first-order chi connectivity index (χ1) is 12.4. The lowest BCUT2D eigenvalue weighted by molar-refractivity contribution is -0.128. The number of likely N-dealkylation sites (N-methyl/N-ethyl adjacent to an activating group) is 1. The fourth-order valence-corrected chi connectivity index (χ4v) is 0.424. The van der Waals surface area contributed by atoms with Gasteiger partial charge in [-0.2, -0.15) is 0 Å². The van der Waals surface area contributed by atoms with Crippen molar-refractivity contribution >= 4 is 11.8 Å². The predicted octanol–water partition coefficient (Wildman–Crippen LogP) is 0.283. The molecule has 0 saturated heterocycles. The van der Waals surface area contributed by atoms with Crippen LogP contribution in [0.2, 0.25) is 1.41 Å². The summed E-state index contributed by atoms with van der Waals surface area (Å²) in [7, 11) is 0. The van der Waals surface area contributed by atoms with Crippen LogP contribution in [0.3, 0.4) is 0 Å². The van der Waals surface area contributed by atoms with Crippen LogP contribution in [0.4, 0.5) is 0 Å². The second kappa shape index (κ2) is 5.56. The largest absolute Gasteiger partial charge is 0.357 e. The van der Waals surface area contributed by atoms with Gasteiger partial charge in [0, 0.05) is 33.0 Å². The van der Waals surface area contributed by atoms with E-state index in [0.29, 0.717) is 0 Å². The Bertz CT molecular complexity index is 638. The molecule has 0 aromatic heterocycles. The Labute approximate surface area is 102 Å². The molecule has 0 aromatic carbocycles. The van der Waals surface area contributed by atoms with Crippen LogP contribution in [0.5, 0.6) is 0 Å². The van der Waals surface area contributed by atoms with Gasteiger partial charge in [0.2, 0.25) is 11.8 Å². The molecule has 2 atom stereocenters. The molecule has 2 amide bonds. The summed E-state index contributed by atoms with van der Waals surface area (Å²) in [5.41, 5.74) is 0. The van der Waals surface area contributed by atoms with E-state index in [9.17, 15) is 9.59 Å². The highest BCUT2D eigenvalue weighted by molar-refractivity contribution is 5.86. The molecule has 2 N–H and O–H groups in total. The number of hydrogen-bond donors (Lipinski definition) is 2. The summed E-state index contributed by atoms with van der Waals surface area (Å²) in [6.45, 7) is -14.0. The van der Waals surface area contributed by atoms with Crippen LogP contribution in [0, 0.1) is 5.89 Å². The van der Waals surface area contributed by atoms with Crippen molar-refractivity contribution < 1.29 is 31.6 Å². The summed E-state index contributed by atoms with van der Waals surface area (Å²) in [6.07, 6.45) is -4.32. The van der Waals surface area contributed by atoms with Crippen LogP contribution in [-0.4, -0.2) is 24.8 Å². The van der Waals surface area contributed by atoms with Gasteiger partial charge in [-0.15, -0.1) is 0 Å². The third-order valence-electron chi connectivity index (χ3n) is 0.795. The molecule has 0 aliphatic rings. The topological polar surface area (TPSA) is 58.2 Å². The van der Waals surface area contributed by atoms with Crippen molar-refractivity contribution in [1.82, 2.24) is 10.6 Å². The van der Waals surface area contributed by atoms with Crippen molar-refractivity contribution in [2.24, 2.45) is 5.89 Å². The summed E-state index contributed by atoms with van der Waals surface area (Å²) in [5, 5.41) is -0.0366. The van der Waals surface area contributed by atoms with Crippen molar-refractivity contribution in [3.8, 4) is 0 Å². The average Bonchev–Trinajstić information content (AvgIpc) is 2.47. The van der Waals surface area contributed by atoms with Gasteiger partial charge in [0.1, 0.15) is 6.02 Å². The second-order valence-corrected chi connectivity index (χ2v) is 1.76. The van der Waals surface area contributed by atoms with Gasteiger partial charge in [-0.05, 0) is 12.3 Å². The van der Waals surface area contributed by atoms with E-state index in [4.69, 9.17) is 22.0 Å². The molecule has 0 aliphatic heterocycles. The van der Waals surface area contributed by atoms with Crippen LogP contribution in [0.15, 0.2) is 0 Å². The lowest BCUT2D eigenvalue weighted by atomic mass is 10.0. The molecule has 0 heterocycles. The Morgan fingerprint density at radius 2 is 2.62 bits per heavy atom. The number of rotatable bonds is 4. The van der Waals surface area contributed by atoms with Gasteiger partial charge in [0.05, 0.1) is 1.37 Å². The van der Waals surface area contributed by atoms with E-state index in [-0.39, 0.29) is 0 Å². The van der Waals surface area contributed by atoms with E-state index in [0.717, 1.165) is 5.32 Å². The zero-order chi connectivity index (χ0) is 24.0. The zero-order valence-electron chi connectivity index (χ0n) is 22.3. The summed E-state index contributed by atoms with van der Waals surface area (Å²) in [4.78, 5) is 24.4. The molecule has 0 radical (unpaired) electrons. The van der Waals surface area contributed by atoms with Gasteiger partial charge in [0.25, 0.3) is 0 Å². The van der Waals surface area contributed by atoms with Gasteiger partial charge < -0.3 is 10.6 Å². The van der Waals surface area contributed by atoms with Crippen molar-refractivity contribution in [2.75, 3.05) is 6.98 Å². The van der Waals surface area contributed by atoms with Crippen molar-refractivity contribution in [1.29, 1.82) is 0 Å². The van der Waals surface area contributed by atoms with Crippen molar-refractivity contribution in [2.45, 2.75) is 33.0 Å². The van der Waals surface area contributed by atoms with E-state index >= 15 is 0 Å². The minimum absolute atomic E-state index is 1.06. The Morgan fingerprint density at radius 3 is 3.15 bits per heavy atom. The third kappa shape index (κ3) is 5.22. The molecule has 0 aromatic rings. The van der Waals surface area contributed by atoms with E-state index in [1.54, 1.807) is 0 Å². The molecule has 0 bridgehead atoms. The first kappa shape index (κ1) is 1.97. The molecule has 0 rings (SSSR count). The Balaban J connectivity index is 7.03. The molecule has 0 spiro atoms. The third-order valence-corrected chi connectivity index (χ3v) is 0.795. The Kier molecular flexibility index (Phi) is 0.842. The maximum atomic E-state index is 12.4. The Hall–Kier alpha value is -1.06. The first-order valence-electron chi connectivity index (χ1n) is 11.0. The lowest BCUT2D eigenvalue weighted by Gasteiger charge is -2.17. The van der Waals surface area contributed by atoms with Crippen molar-refractivity contribution in [3.63, 3.8) is 0 Å². The average molecular weight is 202 g/mol. The van der Waals surface area contributed by atoms with Crippen LogP contribution < -0.4 is 10.6 Å². The first-order valence-corrected chi connectivity index (χ1v) is 2.89. The fourth-order valence-electron chi connectivity index (χ4n) is 0.424. The molecule has 0 fully saturated rings. The summed E-state index contributed by atoms with van der Waals surface area (Å²) >= 11 is 0. The molecule has 13 heavy (non-hydrogen) atoms. The molecule has 4 heteroatoms. The number of carbonyl (C=O) groups excluding carboxylic acids is 2. The van der Waals surface area contributed by atoms with E-state index < -0.39 is 63.0 Å². The SMILES string of the molecule is [2H]C([2H])C([2H])(C([2H])([2H])[2H])C([2H])([2H])[C@@]([2H])(C(=O)NC([2H])([2H])[2H])N([2H])C(=O)C([2H])([2H])[2H]. The van der Waals surface area contributed by atoms with Gasteiger partial charge in [-0.3, -0.25) is 9.59 Å². The van der Waals surface area contributed by atoms with Gasteiger partial charge >= 0.3 is 0 Å². The highest BCUT2D eigenvalue weighted by atomic mass is 16.2. The smallest absolute Gasteiger partial charge is 0.242 e. The molecule has 76 valence electrons. The predicted molar refractivity (Wildman–Crippen MR) is 51.1 cm³/mol. The number of amides is 2. The highest BCUT2D eigenvalue weighted by Gasteiger charge is 2.18. The normalized spacial score (nSPS) is 41.6. The Morgan fingerprint density at radius 1 is 1.77 bits per heavy atom. The fraction of sp³-hybridized carbons (Fsp3) is 0.778. The quantitative estimate of drug-likeness (QED) is 0.688. The van der Waals surface area contributed by atoms with Crippen LogP contribution >= 0.6 is 0 Å². The number of nitrogens with one attached hydrogen (secondary N) is 2. The zero-order valence-corrected chi connectivity index (χ0v) is 6.34. The molecular formula is C9H18N2O2. The minimum Gasteiger partial charge on any atom is -0.357 e. The minimum atomic E-state index is -4.32. The van der Waals surface area contributed by atoms with Crippen LogP contribution in [-0.2, 0) is 9.59 Å². The van der Waals surface area contributed by atoms with Gasteiger partial charge in [-0.1, -0.05) is 13.7 Å². The van der Waals surface area contributed by atoms with Crippen molar-refractivity contribution in [3.05, 3.63) is 0 Å². The summed E-state index contributed by atoms with van der Waals surface area (Å²) in [5.74, 6) is -8.71. The number of hydrogen-bond acceptors (Lipinski definition) is 2. The molecule has 4 nitrogen and oxygen atoms in total. The molecule has 0 aliphatic carbocycles. The van der Waals surface area contributed by atoms with E-state index in [2.05, 4.69) is 0 Å². The molecule has 1 unspecified atom stereocenters. The monoisotopic (exact) mass is 202 g/mol. The van der Waals surface area contributed by atoms with E-state index in [1.165, 1.54) is 0 Å². The summed E-state index contributed by atoms with van der Waals surface area (Å²) in [6, 6.07) is -4.30. The van der Waals surface area contributed by atoms with E-state index in [1.807, 2.05) is 0 Å². The maximum absolute atomic E-state index is 12.4. The highest BCUT2D eigenvalue weighted by Crippen LogP contribution is 2.04. The van der Waals surface area contributed by atoms with Crippen LogP contribution in [0.25, 0.3) is 0 Å². The van der Waals surface area contributed by atoms with Gasteiger partial charge in [0.15, 0.2) is 1.41 Å². The lowest BCUT2D eigenvalue weighted by Crippen LogP contribution is -2.45. The summed E-state index contributed by atoms with van der Waals surface area (Å²) < 4.78 is 118. The maximum Gasteiger partial charge on any atom is 0.242 e. The second-order valence-electron chi connectivity index (χ2n) is 1.76. The number of carbonyl (C=O) groups is 2. The van der Waals surface area contributed by atoms with Crippen LogP contribution in [0.1, 0.15) is 47.5 Å². The van der Waals surface area contributed by atoms with Gasteiger partial charge in [-0.25, -0.2) is 0 Å². The molecular weight excluding hydrogens is 168 g/mol. The molecule has 0 saturated carbocycles. The standard InChI is InChI=1S/C9H18N2O2/c1-6(2)5-8(9(13)10-4)11-7(3)12/h6,8H,5H2,1-4H3,(H,10,13)(H,11,12)/t8-/m0/s1/i1D2,2D3,3D3,4D3,5D2,6D,8D/hD/t6?,8-.